The lowest BCUT2D eigenvalue weighted by Crippen LogP contribution is -2.46. The lowest BCUT2D eigenvalue weighted by molar-refractivity contribution is -0.116. The van der Waals surface area contributed by atoms with Gasteiger partial charge in [-0.3, -0.25) is 9.69 Å². The molecule has 0 bridgehead atoms. The molecule has 5 rings (SSSR count). The van der Waals surface area contributed by atoms with E-state index in [1.165, 1.54) is 17.7 Å². The number of aromatic nitrogens is 1. The van der Waals surface area contributed by atoms with E-state index in [0.717, 1.165) is 74.6 Å². The van der Waals surface area contributed by atoms with Gasteiger partial charge in [0.15, 0.2) is 11.4 Å². The average Bonchev–Trinajstić information content (AvgIpc) is 3.22. The maximum Gasteiger partial charge on any atom is 0.224 e. The lowest BCUT2D eigenvalue weighted by atomic mass is 10.0. The van der Waals surface area contributed by atoms with Crippen LogP contribution in [0.25, 0.3) is 11.0 Å². The van der Waals surface area contributed by atoms with Crippen molar-refractivity contribution in [2.75, 3.05) is 49.5 Å². The van der Waals surface area contributed by atoms with Crippen LogP contribution in [0.15, 0.2) is 40.9 Å². The summed E-state index contributed by atoms with van der Waals surface area (Å²) in [5, 5.41) is 7.93. The molecular weight excluding hydrogens is 411 g/mol. The van der Waals surface area contributed by atoms with E-state index >= 15 is 0 Å². The van der Waals surface area contributed by atoms with Crippen LogP contribution in [0.1, 0.15) is 24.8 Å². The van der Waals surface area contributed by atoms with Gasteiger partial charge in [-0.2, -0.15) is 0 Å². The van der Waals surface area contributed by atoms with Crippen molar-refractivity contribution in [2.45, 2.75) is 25.7 Å². The van der Waals surface area contributed by atoms with Gasteiger partial charge in [0.05, 0.1) is 12.0 Å². The highest BCUT2D eigenvalue weighted by molar-refractivity contribution is 5.94. The molecule has 2 aliphatic heterocycles. The number of hydrogen-bond acceptors (Lipinski definition) is 6. The van der Waals surface area contributed by atoms with E-state index < -0.39 is 0 Å². The van der Waals surface area contributed by atoms with E-state index in [1.54, 1.807) is 6.07 Å². The number of aryl methyl sites for hydroxylation is 1. The van der Waals surface area contributed by atoms with Crippen LogP contribution in [-0.2, 0) is 11.2 Å². The van der Waals surface area contributed by atoms with Crippen molar-refractivity contribution >= 4 is 28.4 Å². The molecule has 1 N–H and O–H groups in total. The monoisotopic (exact) mass is 438 g/mol. The van der Waals surface area contributed by atoms with Crippen molar-refractivity contribution in [3.05, 3.63) is 47.8 Å². The number of ether oxygens (including phenoxy) is 1. The minimum Gasteiger partial charge on any atom is -0.494 e. The number of amides is 1. The van der Waals surface area contributed by atoms with Gasteiger partial charge < -0.3 is 19.5 Å². The summed E-state index contributed by atoms with van der Waals surface area (Å²) in [4.78, 5) is 16.2. The summed E-state index contributed by atoms with van der Waals surface area (Å²) in [5.41, 5.74) is 2.53. The number of benzene rings is 2. The first kappa shape index (κ1) is 20.8. The number of nitrogens with one attached hydrogen (secondary N) is 1. The number of rotatable bonds is 7. The van der Waals surface area contributed by atoms with Crippen LogP contribution in [0.2, 0.25) is 0 Å². The van der Waals surface area contributed by atoms with Crippen LogP contribution < -0.4 is 15.0 Å². The molecule has 1 fully saturated rings. The summed E-state index contributed by atoms with van der Waals surface area (Å²) in [5.74, 6) is 1.36. The molecular formula is C24H27FN4O3. The van der Waals surface area contributed by atoms with Gasteiger partial charge >= 0.3 is 0 Å². The number of unbranched alkanes of at least 4 members (excludes halogenated alkanes) is 1. The second-order valence-corrected chi connectivity index (χ2v) is 8.40. The minimum atomic E-state index is -0.313. The first-order valence-electron chi connectivity index (χ1n) is 11.2. The van der Waals surface area contributed by atoms with E-state index in [-0.39, 0.29) is 11.7 Å². The quantitative estimate of drug-likeness (QED) is 0.566. The molecule has 1 saturated heterocycles. The van der Waals surface area contributed by atoms with Crippen molar-refractivity contribution in [2.24, 2.45) is 0 Å². The molecule has 8 heteroatoms. The van der Waals surface area contributed by atoms with Gasteiger partial charge in [-0.1, -0.05) is 11.2 Å². The van der Waals surface area contributed by atoms with E-state index in [0.29, 0.717) is 18.6 Å². The Bertz CT molecular complexity index is 1110. The third kappa shape index (κ3) is 4.55. The van der Waals surface area contributed by atoms with Crippen molar-refractivity contribution in [3.8, 4) is 5.75 Å². The summed E-state index contributed by atoms with van der Waals surface area (Å²) in [6.45, 7) is 5.35. The molecule has 168 valence electrons. The minimum absolute atomic E-state index is 0.0698. The van der Waals surface area contributed by atoms with Gasteiger partial charge in [0, 0.05) is 50.4 Å². The zero-order chi connectivity index (χ0) is 21.9. The maximum atomic E-state index is 13.4. The number of fused-ring (bicyclic) bond motifs is 2. The van der Waals surface area contributed by atoms with Crippen molar-refractivity contribution in [1.29, 1.82) is 0 Å². The van der Waals surface area contributed by atoms with E-state index in [9.17, 15) is 9.18 Å². The van der Waals surface area contributed by atoms with Crippen LogP contribution in [0.3, 0.4) is 0 Å². The normalized spacial score (nSPS) is 16.8. The van der Waals surface area contributed by atoms with Crippen LogP contribution in [0.4, 0.5) is 15.9 Å². The van der Waals surface area contributed by atoms with Crippen molar-refractivity contribution < 1.29 is 18.4 Å². The summed E-state index contributed by atoms with van der Waals surface area (Å²) in [6.07, 6.45) is 3.38. The Morgan fingerprint density at radius 1 is 1.06 bits per heavy atom. The SMILES string of the molecule is O=C1CCc2ccc(OCCCCN3CCN(c4noc5cc(F)ccc45)CC3)cc2N1. The fourth-order valence-corrected chi connectivity index (χ4v) is 4.38. The second-order valence-electron chi connectivity index (χ2n) is 8.40. The van der Waals surface area contributed by atoms with Crippen LogP contribution in [0, 0.1) is 5.82 Å². The Morgan fingerprint density at radius 3 is 2.81 bits per heavy atom. The third-order valence-corrected chi connectivity index (χ3v) is 6.20. The molecule has 2 aromatic carbocycles. The number of carbonyl (C=O) groups is 1. The zero-order valence-electron chi connectivity index (χ0n) is 18.0. The molecule has 1 amide bonds. The number of piperazine rings is 1. The average molecular weight is 439 g/mol. The second kappa shape index (κ2) is 9.16. The molecule has 1 aromatic heterocycles. The summed E-state index contributed by atoms with van der Waals surface area (Å²) >= 11 is 0. The molecule has 7 nitrogen and oxygen atoms in total. The molecule has 2 aliphatic rings. The van der Waals surface area contributed by atoms with Gasteiger partial charge in [0.25, 0.3) is 0 Å². The number of hydrogen-bond donors (Lipinski definition) is 1. The van der Waals surface area contributed by atoms with Crippen LogP contribution in [0.5, 0.6) is 5.75 Å². The topological polar surface area (TPSA) is 70.8 Å². The standard InChI is InChI=1S/C24H27FN4O3/c25-18-5-7-20-22(15-18)32-27-24(20)29-12-10-28(11-13-29)9-1-2-14-31-19-6-3-17-4-8-23(30)26-21(17)16-19/h3,5-7,15-16H,1-2,4,8-14H2,(H,26,30). The van der Waals surface area contributed by atoms with E-state index in [4.69, 9.17) is 9.26 Å². The molecule has 3 heterocycles. The Hall–Kier alpha value is -3.13. The Balaban J connectivity index is 1.03. The van der Waals surface area contributed by atoms with Gasteiger partial charge in [0.2, 0.25) is 5.91 Å². The fourth-order valence-electron chi connectivity index (χ4n) is 4.38. The molecule has 32 heavy (non-hydrogen) atoms. The Labute approximate surface area is 186 Å². The molecule has 0 spiro atoms. The Morgan fingerprint density at radius 2 is 1.94 bits per heavy atom. The lowest BCUT2D eigenvalue weighted by Gasteiger charge is -2.34. The molecule has 0 atom stereocenters. The first-order chi connectivity index (χ1) is 15.7. The first-order valence-corrected chi connectivity index (χ1v) is 11.2. The highest BCUT2D eigenvalue weighted by Gasteiger charge is 2.21. The molecule has 0 unspecified atom stereocenters. The van der Waals surface area contributed by atoms with E-state index in [2.05, 4.69) is 20.3 Å². The predicted octanol–water partition coefficient (Wildman–Crippen LogP) is 3.83. The van der Waals surface area contributed by atoms with Crippen molar-refractivity contribution in [3.63, 3.8) is 0 Å². The van der Waals surface area contributed by atoms with Crippen LogP contribution in [-0.4, -0.2) is 55.3 Å². The number of carbonyl (C=O) groups excluding carboxylic acids is 1. The van der Waals surface area contributed by atoms with Gasteiger partial charge in [0.1, 0.15) is 11.6 Å². The fraction of sp³-hybridized carbons (Fsp3) is 0.417. The molecule has 3 aromatic rings. The van der Waals surface area contributed by atoms with E-state index in [1.807, 2.05) is 18.2 Å². The van der Waals surface area contributed by atoms with Crippen molar-refractivity contribution in [1.82, 2.24) is 10.1 Å². The third-order valence-electron chi connectivity index (χ3n) is 6.20. The number of halogens is 1. The van der Waals surface area contributed by atoms with Gasteiger partial charge in [-0.05, 0) is 49.6 Å². The highest BCUT2D eigenvalue weighted by atomic mass is 19.1. The largest absolute Gasteiger partial charge is 0.494 e. The summed E-state index contributed by atoms with van der Waals surface area (Å²) in [6, 6.07) is 10.5. The Kier molecular flexibility index (Phi) is 5.94. The molecule has 0 saturated carbocycles. The van der Waals surface area contributed by atoms with Gasteiger partial charge in [-0.25, -0.2) is 4.39 Å². The molecule has 0 aliphatic carbocycles. The van der Waals surface area contributed by atoms with Gasteiger partial charge in [-0.15, -0.1) is 0 Å². The smallest absolute Gasteiger partial charge is 0.224 e. The van der Waals surface area contributed by atoms with Crippen LogP contribution >= 0.6 is 0 Å². The number of anilines is 2. The number of nitrogens with zero attached hydrogens (tertiary/aromatic N) is 3. The summed E-state index contributed by atoms with van der Waals surface area (Å²) in [7, 11) is 0. The summed E-state index contributed by atoms with van der Waals surface area (Å²) < 4.78 is 24.5. The highest BCUT2D eigenvalue weighted by Crippen LogP contribution is 2.28. The predicted molar refractivity (Wildman–Crippen MR) is 121 cm³/mol. The maximum absolute atomic E-state index is 13.4. The zero-order valence-corrected chi connectivity index (χ0v) is 18.0. The molecule has 0 radical (unpaired) electrons.